The zero-order chi connectivity index (χ0) is 16.8. The fourth-order valence-corrected chi connectivity index (χ4v) is 3.16. The number of methoxy groups -OCH3 is 1. The van der Waals surface area contributed by atoms with Crippen LogP contribution in [0.25, 0.3) is 0 Å². The van der Waals surface area contributed by atoms with Gasteiger partial charge in [0.2, 0.25) is 5.91 Å². The maximum absolute atomic E-state index is 12.4. The van der Waals surface area contributed by atoms with E-state index in [1.807, 2.05) is 17.0 Å². The molecular formula is C19H31ClN2O2. The van der Waals surface area contributed by atoms with Gasteiger partial charge in [0.05, 0.1) is 13.2 Å². The van der Waals surface area contributed by atoms with Gasteiger partial charge in [-0.05, 0) is 48.8 Å². The number of hydrogen-bond donors (Lipinski definition) is 1. The van der Waals surface area contributed by atoms with Crippen molar-refractivity contribution >= 4 is 18.3 Å². The number of benzene rings is 1. The highest BCUT2D eigenvalue weighted by Crippen LogP contribution is 2.24. The number of amides is 1. The smallest absolute Gasteiger partial charge is 0.239 e. The van der Waals surface area contributed by atoms with E-state index in [1.54, 1.807) is 7.11 Å². The van der Waals surface area contributed by atoms with Gasteiger partial charge in [-0.1, -0.05) is 32.4 Å². The van der Waals surface area contributed by atoms with Gasteiger partial charge in [0.1, 0.15) is 5.75 Å². The van der Waals surface area contributed by atoms with E-state index in [1.165, 1.54) is 5.56 Å². The zero-order valence-corrected chi connectivity index (χ0v) is 15.8. The van der Waals surface area contributed by atoms with Crippen molar-refractivity contribution in [3.05, 3.63) is 29.8 Å². The minimum Gasteiger partial charge on any atom is -0.497 e. The summed E-state index contributed by atoms with van der Waals surface area (Å²) in [5.41, 5.74) is 7.42. The summed E-state index contributed by atoms with van der Waals surface area (Å²) in [4.78, 5) is 14.4. The molecule has 1 aliphatic rings. The molecule has 4 nitrogen and oxygen atoms in total. The number of carbonyl (C=O) groups excluding carboxylic acids is 1. The van der Waals surface area contributed by atoms with Crippen molar-refractivity contribution in [3.63, 3.8) is 0 Å². The standard InChI is InChI=1S/C19H30N2O2.ClH/c1-4-14(2)18(20)19(22)21-11-9-16(10-12-21)13-15-5-7-17(23-3)8-6-15;/h5-8,14,16,18H,4,9-13,20H2,1-3H3;1H. The second-order valence-electron chi connectivity index (χ2n) is 6.73. The molecule has 2 rings (SSSR count). The molecule has 2 unspecified atom stereocenters. The van der Waals surface area contributed by atoms with E-state index in [0.717, 1.165) is 44.5 Å². The average molecular weight is 355 g/mol. The third-order valence-electron chi connectivity index (χ3n) is 5.15. The van der Waals surface area contributed by atoms with Crippen LogP contribution in [0.4, 0.5) is 0 Å². The molecule has 136 valence electrons. The van der Waals surface area contributed by atoms with Crippen molar-refractivity contribution in [1.29, 1.82) is 0 Å². The van der Waals surface area contributed by atoms with Crippen molar-refractivity contribution < 1.29 is 9.53 Å². The molecule has 1 aliphatic heterocycles. The molecule has 1 fully saturated rings. The summed E-state index contributed by atoms with van der Waals surface area (Å²) in [7, 11) is 1.69. The lowest BCUT2D eigenvalue weighted by atomic mass is 9.89. The fourth-order valence-electron chi connectivity index (χ4n) is 3.16. The first kappa shape index (κ1) is 20.8. The molecule has 1 heterocycles. The lowest BCUT2D eigenvalue weighted by molar-refractivity contribution is -0.135. The third kappa shape index (κ3) is 5.38. The van der Waals surface area contributed by atoms with Crippen molar-refractivity contribution in [2.75, 3.05) is 20.2 Å². The van der Waals surface area contributed by atoms with E-state index in [2.05, 4.69) is 26.0 Å². The van der Waals surface area contributed by atoms with E-state index in [4.69, 9.17) is 10.5 Å². The van der Waals surface area contributed by atoms with Crippen LogP contribution < -0.4 is 10.5 Å². The number of nitrogens with two attached hydrogens (primary N) is 1. The van der Waals surface area contributed by atoms with Crippen LogP contribution in [0, 0.1) is 11.8 Å². The molecule has 0 saturated carbocycles. The number of rotatable bonds is 6. The van der Waals surface area contributed by atoms with Crippen LogP contribution in [0.2, 0.25) is 0 Å². The van der Waals surface area contributed by atoms with Crippen molar-refractivity contribution in [1.82, 2.24) is 4.90 Å². The Morgan fingerprint density at radius 2 is 1.88 bits per heavy atom. The van der Waals surface area contributed by atoms with Crippen LogP contribution in [-0.4, -0.2) is 37.0 Å². The molecule has 24 heavy (non-hydrogen) atoms. The normalized spacial score (nSPS) is 17.8. The number of nitrogens with zero attached hydrogens (tertiary/aromatic N) is 1. The molecule has 2 atom stereocenters. The van der Waals surface area contributed by atoms with E-state index in [9.17, 15) is 4.79 Å². The molecule has 0 radical (unpaired) electrons. The fraction of sp³-hybridized carbons (Fsp3) is 0.632. The Hall–Kier alpha value is -1.26. The molecule has 0 bridgehead atoms. The average Bonchev–Trinajstić information content (AvgIpc) is 2.61. The van der Waals surface area contributed by atoms with Gasteiger partial charge >= 0.3 is 0 Å². The topological polar surface area (TPSA) is 55.6 Å². The van der Waals surface area contributed by atoms with E-state index in [0.29, 0.717) is 5.92 Å². The van der Waals surface area contributed by atoms with Gasteiger partial charge in [-0.3, -0.25) is 4.79 Å². The molecule has 0 spiro atoms. The highest BCUT2D eigenvalue weighted by Gasteiger charge is 2.28. The van der Waals surface area contributed by atoms with E-state index >= 15 is 0 Å². The molecule has 0 aromatic heterocycles. The Bertz CT molecular complexity index is 499. The van der Waals surface area contributed by atoms with Crippen LogP contribution in [0.3, 0.4) is 0 Å². The molecule has 1 amide bonds. The van der Waals surface area contributed by atoms with Gasteiger partial charge in [-0.25, -0.2) is 0 Å². The summed E-state index contributed by atoms with van der Waals surface area (Å²) in [6.45, 7) is 5.81. The van der Waals surface area contributed by atoms with Gasteiger partial charge in [-0.2, -0.15) is 0 Å². The monoisotopic (exact) mass is 354 g/mol. The summed E-state index contributed by atoms with van der Waals surface area (Å²) < 4.78 is 5.19. The predicted molar refractivity (Wildman–Crippen MR) is 101 cm³/mol. The first-order valence-corrected chi connectivity index (χ1v) is 8.72. The lowest BCUT2D eigenvalue weighted by Crippen LogP contribution is -2.49. The summed E-state index contributed by atoms with van der Waals surface area (Å²) in [6.07, 6.45) is 4.14. The Balaban J connectivity index is 0.00000288. The van der Waals surface area contributed by atoms with Crippen LogP contribution in [0.15, 0.2) is 24.3 Å². The number of likely N-dealkylation sites (tertiary alicyclic amines) is 1. The number of piperidine rings is 1. The molecule has 5 heteroatoms. The van der Waals surface area contributed by atoms with Crippen molar-refractivity contribution in [2.45, 2.75) is 45.6 Å². The van der Waals surface area contributed by atoms with Crippen molar-refractivity contribution in [3.8, 4) is 5.75 Å². The first-order chi connectivity index (χ1) is 11.0. The second-order valence-corrected chi connectivity index (χ2v) is 6.73. The second kappa shape index (κ2) is 9.90. The molecule has 0 aliphatic carbocycles. The van der Waals surface area contributed by atoms with Crippen LogP contribution in [0.1, 0.15) is 38.7 Å². The summed E-state index contributed by atoms with van der Waals surface area (Å²) in [6, 6.07) is 7.95. The molecule has 2 N–H and O–H groups in total. The minimum atomic E-state index is -0.349. The highest BCUT2D eigenvalue weighted by atomic mass is 35.5. The minimum absolute atomic E-state index is 0. The van der Waals surface area contributed by atoms with Gasteiger partial charge in [-0.15, -0.1) is 12.4 Å². The highest BCUT2D eigenvalue weighted by molar-refractivity contribution is 5.85. The number of ether oxygens (including phenoxy) is 1. The SMILES string of the molecule is CCC(C)C(N)C(=O)N1CCC(Cc2ccc(OC)cc2)CC1.Cl. The molecule has 1 aromatic rings. The van der Waals surface area contributed by atoms with Gasteiger partial charge in [0, 0.05) is 13.1 Å². The first-order valence-electron chi connectivity index (χ1n) is 8.72. The molecule has 1 saturated heterocycles. The quantitative estimate of drug-likeness (QED) is 0.853. The Labute approximate surface area is 152 Å². The number of carbonyl (C=O) groups is 1. The summed E-state index contributed by atoms with van der Waals surface area (Å²) in [5, 5.41) is 0. The number of halogens is 1. The predicted octanol–water partition coefficient (Wildman–Crippen LogP) is 3.27. The Kier molecular flexibility index (Phi) is 8.57. The Morgan fingerprint density at radius 1 is 1.29 bits per heavy atom. The van der Waals surface area contributed by atoms with E-state index < -0.39 is 0 Å². The van der Waals surface area contributed by atoms with Gasteiger partial charge in [0.15, 0.2) is 0 Å². The third-order valence-corrected chi connectivity index (χ3v) is 5.15. The van der Waals surface area contributed by atoms with Gasteiger partial charge < -0.3 is 15.4 Å². The Morgan fingerprint density at radius 3 is 2.38 bits per heavy atom. The lowest BCUT2D eigenvalue weighted by Gasteiger charge is -2.34. The van der Waals surface area contributed by atoms with E-state index in [-0.39, 0.29) is 30.3 Å². The van der Waals surface area contributed by atoms with Crippen LogP contribution in [-0.2, 0) is 11.2 Å². The largest absolute Gasteiger partial charge is 0.497 e. The van der Waals surface area contributed by atoms with Crippen molar-refractivity contribution in [2.24, 2.45) is 17.6 Å². The summed E-state index contributed by atoms with van der Waals surface area (Å²) in [5.74, 6) is 1.92. The van der Waals surface area contributed by atoms with Gasteiger partial charge in [0.25, 0.3) is 0 Å². The van der Waals surface area contributed by atoms with Crippen LogP contribution >= 0.6 is 12.4 Å². The zero-order valence-electron chi connectivity index (χ0n) is 15.0. The maximum atomic E-state index is 12.4. The summed E-state index contributed by atoms with van der Waals surface area (Å²) >= 11 is 0. The maximum Gasteiger partial charge on any atom is 0.239 e. The van der Waals surface area contributed by atoms with Crippen LogP contribution in [0.5, 0.6) is 5.75 Å². The molecular weight excluding hydrogens is 324 g/mol. The molecule has 1 aromatic carbocycles. The number of hydrogen-bond acceptors (Lipinski definition) is 3.